The number of anilines is 1. The van der Waals surface area contributed by atoms with Gasteiger partial charge < -0.3 is 10.3 Å². The molecule has 1 aromatic carbocycles. The van der Waals surface area contributed by atoms with Crippen LogP contribution >= 0.6 is 0 Å². The minimum atomic E-state index is -0.332. The molecule has 30 heavy (non-hydrogen) atoms. The molecule has 3 heterocycles. The average Bonchev–Trinajstić information content (AvgIpc) is 3.28. The predicted octanol–water partition coefficient (Wildman–Crippen LogP) is -2.21. The van der Waals surface area contributed by atoms with Crippen LogP contribution < -0.4 is 32.6 Å². The molecule has 0 aliphatic carbocycles. The number of aryl methyl sites for hydroxylation is 1. The monoisotopic (exact) mass is 381 g/mol. The van der Waals surface area contributed by atoms with Crippen LogP contribution in [0.3, 0.4) is 0 Å². The molecule has 3 aromatic heterocycles. The number of carbonyl (C=O) groups excluding carboxylic acids is 1. The molecule has 6 nitrogen and oxygen atoms in total. The van der Waals surface area contributed by atoms with Crippen LogP contribution in [-0.4, -0.2) is 65.3 Å². The number of H-pyrrole nitrogens is 2. The summed E-state index contributed by atoms with van der Waals surface area (Å²) >= 11 is 0. The lowest BCUT2D eigenvalue weighted by molar-refractivity contribution is 0.102. The van der Waals surface area contributed by atoms with E-state index in [1.165, 1.54) is 6.20 Å². The lowest BCUT2D eigenvalue weighted by atomic mass is 9.60. The van der Waals surface area contributed by atoms with Crippen molar-refractivity contribution in [1.82, 2.24) is 20.2 Å². The van der Waals surface area contributed by atoms with Gasteiger partial charge in [-0.3, -0.25) is 9.89 Å². The van der Waals surface area contributed by atoms with Crippen molar-refractivity contribution in [2.24, 2.45) is 0 Å². The molecule has 3 N–H and O–H groups in total. The van der Waals surface area contributed by atoms with Crippen LogP contribution in [0, 0.1) is 13.8 Å². The number of hydrogen-bond donors (Lipinski definition) is 3. The first-order valence-electron chi connectivity index (χ1n) is 9.02. The van der Waals surface area contributed by atoms with Gasteiger partial charge in [-0.1, -0.05) is 10.9 Å². The molecule has 134 valence electrons. The molecule has 4 aromatic rings. The molecule has 10 radical (unpaired) electrons. The van der Waals surface area contributed by atoms with Crippen molar-refractivity contribution in [2.75, 3.05) is 5.32 Å². The topological polar surface area (TPSA) is 86.5 Å². The van der Waals surface area contributed by atoms with E-state index in [0.29, 0.717) is 28.3 Å². The van der Waals surface area contributed by atoms with E-state index >= 15 is 0 Å². The molecule has 0 saturated carbocycles. The molecular weight excluding hydrogens is 368 g/mol. The highest BCUT2D eigenvalue weighted by Gasteiger charge is 2.17. The number of carbonyl (C=O) groups is 1. The third-order valence-electron chi connectivity index (χ3n) is 5.16. The van der Waals surface area contributed by atoms with Crippen molar-refractivity contribution in [3.63, 3.8) is 0 Å². The predicted molar refractivity (Wildman–Crippen MR) is 124 cm³/mol. The molecule has 0 unspecified atom stereocenters. The molecule has 0 atom stereocenters. The highest BCUT2D eigenvalue weighted by Crippen LogP contribution is 2.23. The minimum Gasteiger partial charge on any atom is -0.339 e. The van der Waals surface area contributed by atoms with Crippen molar-refractivity contribution in [2.45, 2.75) is 13.8 Å². The largest absolute Gasteiger partial charge is 0.339 e. The molecule has 11 heteroatoms. The van der Waals surface area contributed by atoms with Crippen LogP contribution in [0.5, 0.6) is 0 Å². The zero-order valence-electron chi connectivity index (χ0n) is 16.4. The summed E-state index contributed by atoms with van der Waals surface area (Å²) in [5, 5.41) is 10.4. The van der Waals surface area contributed by atoms with Crippen LogP contribution in [-0.2, 0) is 0 Å². The Morgan fingerprint density at radius 3 is 2.20 bits per heavy atom. The van der Waals surface area contributed by atoms with Crippen molar-refractivity contribution in [3.05, 3.63) is 35.3 Å². The van der Waals surface area contributed by atoms with Gasteiger partial charge in [0.25, 0.3) is 5.91 Å². The molecule has 0 saturated heterocycles. The summed E-state index contributed by atoms with van der Waals surface area (Å²) in [6.45, 7) is 3.68. The number of nitrogens with one attached hydrogen (secondary N) is 3. The Balaban J connectivity index is 1.72. The van der Waals surface area contributed by atoms with Gasteiger partial charge in [-0.2, -0.15) is 5.10 Å². The fraction of sp³-hybridized carbons (Fsp3) is 0.105. The van der Waals surface area contributed by atoms with Gasteiger partial charge in [0.1, 0.15) is 44.9 Å². The minimum absolute atomic E-state index is 0.150. The van der Waals surface area contributed by atoms with Gasteiger partial charge in [-0.25, -0.2) is 4.98 Å². The van der Waals surface area contributed by atoms with Gasteiger partial charge in [0, 0.05) is 22.3 Å². The molecule has 1 amide bonds. The maximum absolute atomic E-state index is 12.5. The smallest absolute Gasteiger partial charge is 0.276 e. The lowest BCUT2D eigenvalue weighted by Gasteiger charge is -2.20. The normalized spacial score (nSPS) is 11.1. The van der Waals surface area contributed by atoms with E-state index in [0.717, 1.165) is 16.6 Å². The summed E-state index contributed by atoms with van der Waals surface area (Å²) < 4.78 is 0. The number of hydrogen-bond acceptors (Lipinski definition) is 3. The van der Waals surface area contributed by atoms with Gasteiger partial charge in [0.05, 0.1) is 11.9 Å². The lowest BCUT2D eigenvalue weighted by Crippen LogP contribution is -2.55. The first kappa shape index (κ1) is 20.2. The zero-order chi connectivity index (χ0) is 21.7. The number of fused-ring (bicyclic) bond motifs is 1. The number of pyridine rings is 1. The fourth-order valence-corrected chi connectivity index (χ4v) is 3.25. The molecule has 0 aliphatic heterocycles. The highest BCUT2D eigenvalue weighted by molar-refractivity contribution is 6.68. The second kappa shape index (κ2) is 7.31. The van der Waals surface area contributed by atoms with Crippen LogP contribution in [0.4, 0.5) is 5.69 Å². The first-order valence-corrected chi connectivity index (χ1v) is 9.02. The van der Waals surface area contributed by atoms with Crippen molar-refractivity contribution >= 4 is 89.2 Å². The SMILES string of the molecule is [B]c1c([B])c([B])c(-c2cc3cc(NC(=O)c4n[nH]c(C)c4C)cnc3[nH]2)c([B])c1[B]. The van der Waals surface area contributed by atoms with Crippen molar-refractivity contribution < 1.29 is 4.79 Å². The van der Waals surface area contributed by atoms with Crippen LogP contribution in [0.1, 0.15) is 21.7 Å². The van der Waals surface area contributed by atoms with E-state index < -0.39 is 0 Å². The van der Waals surface area contributed by atoms with Crippen molar-refractivity contribution in [1.29, 1.82) is 0 Å². The summed E-state index contributed by atoms with van der Waals surface area (Å²) in [7, 11) is 30.0. The van der Waals surface area contributed by atoms with Gasteiger partial charge in [-0.05, 0) is 31.5 Å². The second-order valence-electron chi connectivity index (χ2n) is 7.06. The number of aromatic amines is 2. The van der Waals surface area contributed by atoms with E-state index in [1.807, 2.05) is 13.8 Å². The Morgan fingerprint density at radius 1 is 0.967 bits per heavy atom. The van der Waals surface area contributed by atoms with E-state index in [-0.39, 0.29) is 33.2 Å². The molecule has 4 rings (SSSR count). The number of amides is 1. The van der Waals surface area contributed by atoms with Gasteiger partial charge in [0.2, 0.25) is 0 Å². The van der Waals surface area contributed by atoms with E-state index in [2.05, 4.69) is 25.5 Å². The molecule has 0 spiro atoms. The van der Waals surface area contributed by atoms with Gasteiger partial charge >= 0.3 is 0 Å². The van der Waals surface area contributed by atoms with Crippen molar-refractivity contribution in [3.8, 4) is 11.3 Å². The third-order valence-corrected chi connectivity index (χ3v) is 5.16. The number of aromatic nitrogens is 4. The van der Waals surface area contributed by atoms with Crippen LogP contribution in [0.15, 0.2) is 18.3 Å². The fourth-order valence-electron chi connectivity index (χ4n) is 3.25. The maximum Gasteiger partial charge on any atom is 0.276 e. The first-order chi connectivity index (χ1) is 14.2. The Labute approximate surface area is 180 Å². The van der Waals surface area contributed by atoms with E-state index in [4.69, 9.17) is 39.2 Å². The summed E-state index contributed by atoms with van der Waals surface area (Å²) in [6, 6.07) is 3.56. The number of nitrogens with zero attached hydrogens (tertiary/aromatic N) is 2. The van der Waals surface area contributed by atoms with Crippen LogP contribution in [0.2, 0.25) is 0 Å². The summed E-state index contributed by atoms with van der Waals surface area (Å²) in [5.41, 5.74) is 4.99. The second-order valence-corrected chi connectivity index (χ2v) is 7.06. The summed E-state index contributed by atoms with van der Waals surface area (Å²) in [5.74, 6) is -0.332. The maximum atomic E-state index is 12.5. The van der Waals surface area contributed by atoms with E-state index in [9.17, 15) is 4.79 Å². The van der Waals surface area contributed by atoms with Crippen LogP contribution in [0.25, 0.3) is 22.3 Å². The molecule has 0 bridgehead atoms. The third kappa shape index (κ3) is 3.18. The van der Waals surface area contributed by atoms with Gasteiger partial charge in [0.15, 0.2) is 5.69 Å². The molecule has 0 fully saturated rings. The zero-order valence-corrected chi connectivity index (χ0v) is 16.4. The highest BCUT2D eigenvalue weighted by atomic mass is 16.1. The number of benzene rings is 1. The Bertz CT molecular complexity index is 1300. The molecular formula is C19H12B5N5O. The Hall–Kier alpha value is -3.09. The standard InChI is InChI=1S/C19H12B5N5O/c1-6-7(2)28-29-17(6)19(30)26-9-3-8-4-10(27-18(8)25-5-9)11-12(20)14(22)16(24)15(23)13(11)21/h3-5H,1-2H3,(H,25,27)(H,26,30)(H,28,29). The average molecular weight is 380 g/mol. The van der Waals surface area contributed by atoms with Gasteiger partial charge in [-0.15, -0.1) is 16.4 Å². The summed E-state index contributed by atoms with van der Waals surface area (Å²) in [6.07, 6.45) is 1.54. The Kier molecular flexibility index (Phi) is 4.92. The summed E-state index contributed by atoms with van der Waals surface area (Å²) in [4.78, 5) is 20.0. The quantitative estimate of drug-likeness (QED) is 0.353. The molecule has 0 aliphatic rings. The van der Waals surface area contributed by atoms with E-state index in [1.54, 1.807) is 12.1 Å². The Morgan fingerprint density at radius 2 is 1.60 bits per heavy atom. The number of rotatable bonds is 3.